The minimum atomic E-state index is -0.504. The fourth-order valence-corrected chi connectivity index (χ4v) is 4.36. The summed E-state index contributed by atoms with van der Waals surface area (Å²) in [4.78, 5) is 13.4. The number of nitrogens with zero attached hydrogens (tertiary/aromatic N) is 1. The van der Waals surface area contributed by atoms with Crippen LogP contribution in [0.25, 0.3) is 22.0 Å². The predicted molar refractivity (Wildman–Crippen MR) is 138 cm³/mol. The summed E-state index contributed by atoms with van der Waals surface area (Å²) < 4.78 is 21.5. The van der Waals surface area contributed by atoms with Gasteiger partial charge in [0.1, 0.15) is 11.6 Å². The molecule has 182 valence electrons. The van der Waals surface area contributed by atoms with Gasteiger partial charge in [-0.1, -0.05) is 48.9 Å². The van der Waals surface area contributed by atoms with E-state index in [-0.39, 0.29) is 17.5 Å². The second kappa shape index (κ2) is 10.9. The van der Waals surface area contributed by atoms with Gasteiger partial charge in [0.15, 0.2) is 0 Å². The Labute approximate surface area is 209 Å². The zero-order chi connectivity index (χ0) is 24.9. The number of hydrogen-bond donors (Lipinski definition) is 2. The molecule has 5 nitrogen and oxygen atoms in total. The van der Waals surface area contributed by atoms with Crippen LogP contribution in [-0.2, 0) is 13.5 Å². The molecule has 1 aromatic heterocycles. The van der Waals surface area contributed by atoms with Gasteiger partial charge in [-0.2, -0.15) is 0 Å². The van der Waals surface area contributed by atoms with Crippen LogP contribution in [0.3, 0.4) is 0 Å². The Morgan fingerprint density at radius 2 is 1.89 bits per heavy atom. The molecule has 0 unspecified atom stereocenters. The van der Waals surface area contributed by atoms with E-state index in [0.29, 0.717) is 35.5 Å². The average molecular weight is 495 g/mol. The second-order valence-electron chi connectivity index (χ2n) is 8.53. The summed E-state index contributed by atoms with van der Waals surface area (Å²) in [6, 6.07) is 17.2. The summed E-state index contributed by atoms with van der Waals surface area (Å²) in [7, 11) is 1.98. The standard InChI is InChI=1S/C28H28ClFN2O3/c1-3-12-35-27-11-9-18(19-8-10-25(30)24(29)15-19)14-23(27)28(34)31-21(17-33)13-20-16-32(2)26-7-5-4-6-22(20)26/h4-11,14-16,21,33H,3,12-13,17H2,1-2H3,(H,31,34)/t21-/m1/s1. The molecule has 1 amide bonds. The van der Waals surface area contributed by atoms with Gasteiger partial charge in [-0.25, -0.2) is 4.39 Å². The van der Waals surface area contributed by atoms with Gasteiger partial charge < -0.3 is 19.7 Å². The van der Waals surface area contributed by atoms with Crippen LogP contribution in [0.5, 0.6) is 5.75 Å². The molecule has 1 atom stereocenters. The highest BCUT2D eigenvalue weighted by Gasteiger charge is 2.20. The van der Waals surface area contributed by atoms with Crippen LogP contribution >= 0.6 is 11.6 Å². The fraction of sp³-hybridized carbons (Fsp3) is 0.250. The first-order valence-corrected chi connectivity index (χ1v) is 12.0. The van der Waals surface area contributed by atoms with Crippen molar-refractivity contribution in [1.82, 2.24) is 9.88 Å². The number of halogens is 2. The molecule has 0 aliphatic heterocycles. The second-order valence-corrected chi connectivity index (χ2v) is 8.93. The number of hydrogen-bond acceptors (Lipinski definition) is 3. The quantitative estimate of drug-likeness (QED) is 0.311. The van der Waals surface area contributed by atoms with Crippen molar-refractivity contribution in [3.8, 4) is 16.9 Å². The lowest BCUT2D eigenvalue weighted by Crippen LogP contribution is -2.39. The van der Waals surface area contributed by atoms with Gasteiger partial charge in [-0.3, -0.25) is 4.79 Å². The first-order chi connectivity index (χ1) is 16.9. The number of benzene rings is 3. The van der Waals surface area contributed by atoms with Crippen LogP contribution in [0.2, 0.25) is 5.02 Å². The molecule has 35 heavy (non-hydrogen) atoms. The maximum Gasteiger partial charge on any atom is 0.255 e. The normalized spacial score (nSPS) is 12.0. The van der Waals surface area contributed by atoms with Gasteiger partial charge in [-0.05, 0) is 59.9 Å². The smallest absolute Gasteiger partial charge is 0.255 e. The van der Waals surface area contributed by atoms with Gasteiger partial charge >= 0.3 is 0 Å². The number of para-hydroxylation sites is 1. The van der Waals surface area contributed by atoms with Crippen molar-refractivity contribution in [2.75, 3.05) is 13.2 Å². The Kier molecular flexibility index (Phi) is 7.73. The van der Waals surface area contributed by atoms with Gasteiger partial charge in [0.25, 0.3) is 5.91 Å². The van der Waals surface area contributed by atoms with Crippen LogP contribution in [0.4, 0.5) is 4.39 Å². The SMILES string of the molecule is CCCOc1ccc(-c2ccc(F)c(Cl)c2)cc1C(=O)N[C@@H](CO)Cc1cn(C)c2ccccc12. The van der Waals surface area contributed by atoms with E-state index in [2.05, 4.69) is 5.32 Å². The molecule has 4 rings (SSSR count). The number of rotatable bonds is 9. The van der Waals surface area contributed by atoms with Crippen molar-refractivity contribution < 1.29 is 19.0 Å². The number of amides is 1. The van der Waals surface area contributed by atoms with E-state index >= 15 is 0 Å². The number of aliphatic hydroxyl groups is 1. The van der Waals surface area contributed by atoms with Crippen LogP contribution in [-0.4, -0.2) is 34.8 Å². The summed E-state index contributed by atoms with van der Waals surface area (Å²) in [6.07, 6.45) is 3.28. The third-order valence-corrected chi connectivity index (χ3v) is 6.23. The fourth-order valence-electron chi connectivity index (χ4n) is 4.18. The lowest BCUT2D eigenvalue weighted by atomic mass is 10.0. The van der Waals surface area contributed by atoms with Crippen molar-refractivity contribution in [2.24, 2.45) is 7.05 Å². The molecule has 2 N–H and O–H groups in total. The number of ether oxygens (including phenoxy) is 1. The molecule has 0 bridgehead atoms. The molecule has 4 aromatic rings. The molecule has 0 aliphatic rings. The molecule has 0 saturated heterocycles. The molecule has 1 heterocycles. The zero-order valence-corrected chi connectivity index (χ0v) is 20.5. The first-order valence-electron chi connectivity index (χ1n) is 11.6. The maximum absolute atomic E-state index is 13.6. The van der Waals surface area contributed by atoms with Gasteiger partial charge in [0.2, 0.25) is 0 Å². The minimum absolute atomic E-state index is 0.00948. The molecular formula is C28H28ClFN2O3. The number of aromatic nitrogens is 1. The lowest BCUT2D eigenvalue weighted by molar-refractivity contribution is 0.0912. The van der Waals surface area contributed by atoms with E-state index in [1.807, 2.05) is 55.1 Å². The number of carbonyl (C=O) groups is 1. The van der Waals surface area contributed by atoms with Gasteiger partial charge in [0.05, 0.1) is 29.8 Å². The first kappa shape index (κ1) is 24.8. The third kappa shape index (κ3) is 5.50. The van der Waals surface area contributed by atoms with Crippen molar-refractivity contribution in [3.05, 3.63) is 88.8 Å². The number of aryl methyl sites for hydroxylation is 1. The highest BCUT2D eigenvalue weighted by atomic mass is 35.5. The van der Waals surface area contributed by atoms with Crippen LogP contribution in [0.1, 0.15) is 29.3 Å². The van der Waals surface area contributed by atoms with Crippen LogP contribution in [0, 0.1) is 5.82 Å². The summed E-state index contributed by atoms with van der Waals surface area (Å²) in [5, 5.41) is 14.1. The van der Waals surface area contributed by atoms with Crippen molar-refractivity contribution in [2.45, 2.75) is 25.8 Å². The third-order valence-electron chi connectivity index (χ3n) is 5.94. The minimum Gasteiger partial charge on any atom is -0.493 e. The molecule has 0 aliphatic carbocycles. The number of nitrogens with one attached hydrogen (secondary N) is 1. The van der Waals surface area contributed by atoms with Crippen LogP contribution in [0.15, 0.2) is 66.9 Å². The predicted octanol–water partition coefficient (Wildman–Crippen LogP) is 5.76. The Balaban J connectivity index is 1.61. The number of carbonyl (C=O) groups excluding carboxylic acids is 1. The van der Waals surface area contributed by atoms with E-state index in [4.69, 9.17) is 16.3 Å². The van der Waals surface area contributed by atoms with Crippen molar-refractivity contribution in [3.63, 3.8) is 0 Å². The van der Waals surface area contributed by atoms with E-state index in [9.17, 15) is 14.3 Å². The summed E-state index contributed by atoms with van der Waals surface area (Å²) in [6.45, 7) is 2.23. The number of aliphatic hydroxyl groups excluding tert-OH is 1. The highest BCUT2D eigenvalue weighted by Crippen LogP contribution is 2.30. The van der Waals surface area contributed by atoms with Gasteiger partial charge in [-0.15, -0.1) is 0 Å². The molecule has 0 radical (unpaired) electrons. The van der Waals surface area contributed by atoms with E-state index in [0.717, 1.165) is 22.9 Å². The van der Waals surface area contributed by atoms with E-state index in [1.54, 1.807) is 18.2 Å². The average Bonchev–Trinajstić information content (AvgIpc) is 3.19. The zero-order valence-electron chi connectivity index (χ0n) is 19.7. The van der Waals surface area contributed by atoms with E-state index < -0.39 is 11.9 Å². The Morgan fingerprint density at radius 1 is 1.14 bits per heavy atom. The largest absolute Gasteiger partial charge is 0.493 e. The Morgan fingerprint density at radius 3 is 2.63 bits per heavy atom. The topological polar surface area (TPSA) is 63.5 Å². The molecule has 7 heteroatoms. The lowest BCUT2D eigenvalue weighted by Gasteiger charge is -2.18. The monoisotopic (exact) mass is 494 g/mol. The summed E-state index contributed by atoms with van der Waals surface area (Å²) in [5.74, 6) is -0.413. The van der Waals surface area contributed by atoms with Crippen LogP contribution < -0.4 is 10.1 Å². The molecule has 0 fully saturated rings. The Bertz CT molecular complexity index is 1350. The van der Waals surface area contributed by atoms with Gasteiger partial charge in [0, 0.05) is 24.1 Å². The molecule has 0 saturated carbocycles. The van der Waals surface area contributed by atoms with E-state index in [1.165, 1.54) is 12.1 Å². The van der Waals surface area contributed by atoms with Crippen molar-refractivity contribution >= 4 is 28.4 Å². The maximum atomic E-state index is 13.6. The van der Waals surface area contributed by atoms with Crippen molar-refractivity contribution in [1.29, 1.82) is 0 Å². The molecular weight excluding hydrogens is 467 g/mol. The Hall–Kier alpha value is -3.35. The summed E-state index contributed by atoms with van der Waals surface area (Å²) >= 11 is 5.97. The summed E-state index contributed by atoms with van der Waals surface area (Å²) in [5.41, 5.74) is 3.86. The molecule has 0 spiro atoms. The highest BCUT2D eigenvalue weighted by molar-refractivity contribution is 6.31. The molecule has 3 aromatic carbocycles. The number of fused-ring (bicyclic) bond motifs is 1.